The Morgan fingerprint density at radius 2 is 1.41 bits per heavy atom. The number of hydrogen-bond donors (Lipinski definition) is 0. The van der Waals surface area contributed by atoms with Gasteiger partial charge in [-0.15, -0.1) is 0 Å². The number of carbonyl (C=O) groups is 2. The lowest BCUT2D eigenvalue weighted by Gasteiger charge is -2.09. The van der Waals surface area contributed by atoms with Gasteiger partial charge in [-0.3, -0.25) is 0 Å². The summed E-state index contributed by atoms with van der Waals surface area (Å²) < 4.78 is 21.1. The monoisotopic (exact) mass is 392 g/mol. The lowest BCUT2D eigenvalue weighted by Crippen LogP contribution is -2.13. The Hall–Kier alpha value is -3.80. The van der Waals surface area contributed by atoms with Gasteiger partial charge >= 0.3 is 11.9 Å². The number of esters is 2. The summed E-state index contributed by atoms with van der Waals surface area (Å²) in [5.74, 6) is 0.421. The fraction of sp³-hybridized carbons (Fsp3) is 0.130. The Kier molecular flexibility index (Phi) is 6.84. The van der Waals surface area contributed by atoms with Gasteiger partial charge in [0.25, 0.3) is 0 Å². The summed E-state index contributed by atoms with van der Waals surface area (Å²) in [5, 5.41) is 0. The minimum atomic E-state index is -0.546. The normalized spacial score (nSPS) is 10.1. The molecule has 0 saturated carbocycles. The van der Waals surface area contributed by atoms with Crippen LogP contribution in [0.25, 0.3) is 0 Å². The highest BCUT2D eigenvalue weighted by atomic mass is 16.6. The van der Waals surface area contributed by atoms with Crippen molar-refractivity contribution in [1.29, 1.82) is 0 Å². The molecule has 0 unspecified atom stereocenters. The summed E-state index contributed by atoms with van der Waals surface area (Å²) >= 11 is 0. The standard InChI is InChI=1S/C23H20O6/c1-26-21-10-6-5-9-20(21)23(25)29-19-13-11-17(12-14-19)22(24)28-16-15-27-18-7-3-2-4-8-18/h2-14H,15-16H2,1H3. The van der Waals surface area contributed by atoms with E-state index in [0.717, 1.165) is 0 Å². The van der Waals surface area contributed by atoms with Gasteiger partial charge in [0.15, 0.2) is 0 Å². The van der Waals surface area contributed by atoms with Gasteiger partial charge in [0.2, 0.25) is 0 Å². The van der Waals surface area contributed by atoms with Crippen LogP contribution in [0.15, 0.2) is 78.9 Å². The zero-order chi connectivity index (χ0) is 20.5. The molecule has 3 aromatic rings. The first-order valence-electron chi connectivity index (χ1n) is 8.97. The van der Waals surface area contributed by atoms with Gasteiger partial charge in [-0.25, -0.2) is 9.59 Å². The van der Waals surface area contributed by atoms with Crippen LogP contribution >= 0.6 is 0 Å². The van der Waals surface area contributed by atoms with Crippen LogP contribution in [0.5, 0.6) is 17.2 Å². The molecule has 0 aliphatic heterocycles. The van der Waals surface area contributed by atoms with Crippen molar-refractivity contribution in [2.45, 2.75) is 0 Å². The second-order valence-electron chi connectivity index (χ2n) is 5.91. The third-order valence-corrected chi connectivity index (χ3v) is 3.96. The molecule has 0 saturated heterocycles. The van der Waals surface area contributed by atoms with E-state index in [2.05, 4.69) is 0 Å². The van der Waals surface area contributed by atoms with E-state index in [0.29, 0.717) is 28.4 Å². The number of para-hydroxylation sites is 2. The molecule has 6 heteroatoms. The Bertz CT molecular complexity index is 951. The predicted molar refractivity (Wildman–Crippen MR) is 107 cm³/mol. The molecule has 0 amide bonds. The van der Waals surface area contributed by atoms with Crippen molar-refractivity contribution < 1.29 is 28.5 Å². The molecule has 0 aliphatic rings. The van der Waals surface area contributed by atoms with Crippen LogP contribution in [0, 0.1) is 0 Å². The van der Waals surface area contributed by atoms with Gasteiger partial charge in [-0.05, 0) is 48.5 Å². The van der Waals surface area contributed by atoms with E-state index in [1.807, 2.05) is 30.3 Å². The topological polar surface area (TPSA) is 71.1 Å². The maximum atomic E-state index is 12.3. The lowest BCUT2D eigenvalue weighted by atomic mass is 10.2. The molecule has 0 fully saturated rings. The average Bonchev–Trinajstić information content (AvgIpc) is 2.77. The van der Waals surface area contributed by atoms with Crippen molar-refractivity contribution in [3.8, 4) is 17.2 Å². The molecule has 0 heterocycles. The Labute approximate surface area is 168 Å². The number of hydrogen-bond acceptors (Lipinski definition) is 6. The number of rotatable bonds is 8. The fourth-order valence-electron chi connectivity index (χ4n) is 2.53. The molecule has 0 N–H and O–H groups in total. The summed E-state index contributed by atoms with van der Waals surface area (Å²) in [6.07, 6.45) is 0. The van der Waals surface area contributed by atoms with E-state index < -0.39 is 11.9 Å². The summed E-state index contributed by atoms with van der Waals surface area (Å²) in [6.45, 7) is 0.378. The second-order valence-corrected chi connectivity index (χ2v) is 5.91. The molecular weight excluding hydrogens is 372 g/mol. The quantitative estimate of drug-likeness (QED) is 0.326. The molecule has 0 radical (unpaired) electrons. The third kappa shape index (κ3) is 5.59. The summed E-state index contributed by atoms with van der Waals surface area (Å²) in [6, 6.07) is 22.2. The molecular formula is C23H20O6. The van der Waals surface area contributed by atoms with E-state index in [9.17, 15) is 9.59 Å². The average molecular weight is 392 g/mol. The van der Waals surface area contributed by atoms with Crippen LogP contribution < -0.4 is 14.2 Å². The van der Waals surface area contributed by atoms with Gasteiger partial charge in [-0.2, -0.15) is 0 Å². The number of carbonyl (C=O) groups excluding carboxylic acids is 2. The molecule has 0 aliphatic carbocycles. The number of ether oxygens (including phenoxy) is 4. The maximum Gasteiger partial charge on any atom is 0.347 e. The molecule has 29 heavy (non-hydrogen) atoms. The zero-order valence-corrected chi connectivity index (χ0v) is 15.9. The van der Waals surface area contributed by atoms with Crippen LogP contribution in [0.2, 0.25) is 0 Å². The van der Waals surface area contributed by atoms with Crippen LogP contribution in [0.4, 0.5) is 0 Å². The highest BCUT2D eigenvalue weighted by Gasteiger charge is 2.14. The second kappa shape index (κ2) is 9.94. The van der Waals surface area contributed by atoms with Crippen LogP contribution in [-0.4, -0.2) is 32.3 Å². The first-order valence-corrected chi connectivity index (χ1v) is 8.97. The first kappa shape index (κ1) is 19.9. The number of methoxy groups -OCH3 is 1. The van der Waals surface area contributed by atoms with Gasteiger partial charge in [0, 0.05) is 0 Å². The SMILES string of the molecule is COc1ccccc1C(=O)Oc1ccc(C(=O)OCCOc2ccccc2)cc1. The highest BCUT2D eigenvalue weighted by Crippen LogP contribution is 2.21. The van der Waals surface area contributed by atoms with Crippen LogP contribution in [-0.2, 0) is 4.74 Å². The maximum absolute atomic E-state index is 12.3. The highest BCUT2D eigenvalue weighted by molar-refractivity contribution is 5.94. The summed E-state index contributed by atoms with van der Waals surface area (Å²) in [4.78, 5) is 24.4. The molecule has 0 bridgehead atoms. The summed E-state index contributed by atoms with van der Waals surface area (Å²) in [7, 11) is 1.48. The zero-order valence-electron chi connectivity index (χ0n) is 15.9. The van der Waals surface area contributed by atoms with E-state index >= 15 is 0 Å². The van der Waals surface area contributed by atoms with Gasteiger partial charge < -0.3 is 18.9 Å². The minimum absolute atomic E-state index is 0.123. The molecule has 3 aromatic carbocycles. The minimum Gasteiger partial charge on any atom is -0.496 e. The Balaban J connectivity index is 1.50. The molecule has 0 aromatic heterocycles. The third-order valence-electron chi connectivity index (χ3n) is 3.96. The van der Waals surface area contributed by atoms with Crippen molar-refractivity contribution in [2.24, 2.45) is 0 Å². The van der Waals surface area contributed by atoms with Gasteiger partial charge in [0.1, 0.15) is 36.0 Å². The van der Waals surface area contributed by atoms with Gasteiger partial charge in [0.05, 0.1) is 12.7 Å². The predicted octanol–water partition coefficient (Wildman–Crippen LogP) is 4.15. The van der Waals surface area contributed by atoms with Crippen molar-refractivity contribution >= 4 is 11.9 Å². The van der Waals surface area contributed by atoms with Crippen molar-refractivity contribution in [3.63, 3.8) is 0 Å². The van der Waals surface area contributed by atoms with Crippen molar-refractivity contribution in [3.05, 3.63) is 90.0 Å². The molecule has 3 rings (SSSR count). The largest absolute Gasteiger partial charge is 0.496 e. The molecule has 0 atom stereocenters. The molecule has 0 spiro atoms. The van der Waals surface area contributed by atoms with E-state index in [1.165, 1.54) is 31.4 Å². The van der Waals surface area contributed by atoms with Crippen LogP contribution in [0.1, 0.15) is 20.7 Å². The number of benzene rings is 3. The Morgan fingerprint density at radius 1 is 0.724 bits per heavy atom. The van der Waals surface area contributed by atoms with E-state index in [1.54, 1.807) is 24.3 Å². The van der Waals surface area contributed by atoms with Crippen LogP contribution in [0.3, 0.4) is 0 Å². The van der Waals surface area contributed by atoms with Crippen molar-refractivity contribution in [2.75, 3.05) is 20.3 Å². The van der Waals surface area contributed by atoms with Crippen molar-refractivity contribution in [1.82, 2.24) is 0 Å². The van der Waals surface area contributed by atoms with E-state index in [-0.39, 0.29) is 13.2 Å². The Morgan fingerprint density at radius 3 is 2.14 bits per heavy atom. The fourth-order valence-corrected chi connectivity index (χ4v) is 2.53. The smallest absolute Gasteiger partial charge is 0.347 e. The molecule has 6 nitrogen and oxygen atoms in total. The molecule has 148 valence electrons. The summed E-state index contributed by atoms with van der Waals surface area (Å²) in [5.41, 5.74) is 0.665. The first-order chi connectivity index (χ1) is 14.2. The van der Waals surface area contributed by atoms with Gasteiger partial charge in [-0.1, -0.05) is 30.3 Å². The lowest BCUT2D eigenvalue weighted by molar-refractivity contribution is 0.0450. The van der Waals surface area contributed by atoms with E-state index in [4.69, 9.17) is 18.9 Å².